The largest absolute Gasteiger partial charge is 0.693 e. The maximum Gasteiger partial charge on any atom is 0 e. The average molecular weight is 150 g/mol. The molecule has 0 rings (SSSR count). The minimum Gasteiger partial charge on any atom is -0.693 e. The monoisotopic (exact) mass is 150 g/mol. The summed E-state index contributed by atoms with van der Waals surface area (Å²) in [6.07, 6.45) is 0. The molecule has 0 unspecified atom stereocenters. The number of hydrogen-bond donors (Lipinski definition) is 1. The molecule has 0 aliphatic carbocycles. The quantitative estimate of drug-likeness (QED) is 0.519. The molecule has 0 amide bonds. The van der Waals surface area contributed by atoms with Gasteiger partial charge in [0.05, 0.1) is 0 Å². The van der Waals surface area contributed by atoms with E-state index in [4.69, 9.17) is 5.11 Å². The Kier molecular flexibility index (Phi) is 66.0. The molecule has 0 atom stereocenters. The molecule has 0 aromatic rings. The summed E-state index contributed by atoms with van der Waals surface area (Å²) in [7, 11) is 0. The van der Waals surface area contributed by atoms with Crippen LogP contribution < -0.4 is 0 Å². The minimum absolute atomic E-state index is 0. The Hall–Kier alpha value is 1.02. The van der Waals surface area contributed by atoms with Gasteiger partial charge in [0.15, 0.2) is 0 Å². The first kappa shape index (κ1) is 16.6. The summed E-state index contributed by atoms with van der Waals surface area (Å²) in [4.78, 5) is 0. The maximum absolute atomic E-state index is 7.44. The fraction of sp³-hybridized carbons (Fsp3) is 0.500. The third-order valence-corrected chi connectivity index (χ3v) is 0. The summed E-state index contributed by atoms with van der Waals surface area (Å²) < 4.78 is 0. The SMILES string of the molecule is C[CH-]O.[NH2-].[Y]. The molecule has 0 aliphatic rings. The first-order valence-corrected chi connectivity index (χ1v) is 0.836. The zero-order valence-electron chi connectivity index (χ0n) is 3.18. The third kappa shape index (κ3) is 43.8. The van der Waals surface area contributed by atoms with E-state index in [2.05, 4.69) is 0 Å². The maximum atomic E-state index is 7.44. The Bertz CT molecular complexity index is 9.61. The Morgan fingerprint density at radius 2 is 1.60 bits per heavy atom. The Balaban J connectivity index is -0.0000000200. The zero-order valence-corrected chi connectivity index (χ0v) is 6.02. The zero-order chi connectivity index (χ0) is 2.71. The van der Waals surface area contributed by atoms with E-state index in [-0.39, 0.29) is 38.9 Å². The summed E-state index contributed by atoms with van der Waals surface area (Å²) in [5, 5.41) is 7.44. The van der Waals surface area contributed by atoms with Crippen LogP contribution in [0.4, 0.5) is 0 Å². The van der Waals surface area contributed by atoms with Gasteiger partial charge in [0.25, 0.3) is 0 Å². The molecule has 0 saturated heterocycles. The van der Waals surface area contributed by atoms with Gasteiger partial charge in [0.2, 0.25) is 0 Å². The number of aliphatic hydroxyl groups is 1. The van der Waals surface area contributed by atoms with Crippen LogP contribution in [-0.2, 0) is 32.7 Å². The molecular formula is C2H7NOY-2. The van der Waals surface area contributed by atoms with Gasteiger partial charge < -0.3 is 11.3 Å². The van der Waals surface area contributed by atoms with E-state index in [0.717, 1.165) is 6.61 Å². The van der Waals surface area contributed by atoms with E-state index in [1.54, 1.807) is 6.92 Å². The summed E-state index contributed by atoms with van der Waals surface area (Å²) in [5.41, 5.74) is 0. The second kappa shape index (κ2) is 19.9. The van der Waals surface area contributed by atoms with E-state index in [1.807, 2.05) is 0 Å². The van der Waals surface area contributed by atoms with E-state index < -0.39 is 0 Å². The van der Waals surface area contributed by atoms with Crippen LogP contribution in [0.3, 0.4) is 0 Å². The fourth-order valence-corrected chi connectivity index (χ4v) is 0. The summed E-state index contributed by atoms with van der Waals surface area (Å²) in [6.45, 7) is 2.56. The van der Waals surface area contributed by atoms with Crippen LogP contribution in [0.5, 0.6) is 0 Å². The van der Waals surface area contributed by atoms with Crippen LogP contribution in [0.2, 0.25) is 0 Å². The molecule has 3 heteroatoms. The Morgan fingerprint density at radius 1 is 1.60 bits per heavy atom. The van der Waals surface area contributed by atoms with Crippen molar-refractivity contribution in [3.05, 3.63) is 12.8 Å². The molecule has 5 heavy (non-hydrogen) atoms. The van der Waals surface area contributed by atoms with Crippen molar-refractivity contribution in [2.24, 2.45) is 0 Å². The van der Waals surface area contributed by atoms with Crippen molar-refractivity contribution in [2.45, 2.75) is 6.92 Å². The van der Waals surface area contributed by atoms with Gasteiger partial charge in [0.1, 0.15) is 0 Å². The normalized spacial score (nSPS) is 3.60. The smallest absolute Gasteiger partial charge is 0 e. The van der Waals surface area contributed by atoms with Crippen molar-refractivity contribution in [2.75, 3.05) is 0 Å². The van der Waals surface area contributed by atoms with E-state index >= 15 is 0 Å². The van der Waals surface area contributed by atoms with Crippen molar-refractivity contribution < 1.29 is 37.8 Å². The Morgan fingerprint density at radius 3 is 1.60 bits per heavy atom. The fourth-order valence-electron chi connectivity index (χ4n) is 0. The number of aliphatic hydroxyl groups excluding tert-OH is 1. The van der Waals surface area contributed by atoms with Gasteiger partial charge in [-0.3, -0.25) is 0 Å². The van der Waals surface area contributed by atoms with Crippen molar-refractivity contribution >= 4 is 0 Å². The molecule has 31 valence electrons. The van der Waals surface area contributed by atoms with Crippen molar-refractivity contribution in [1.29, 1.82) is 0 Å². The van der Waals surface area contributed by atoms with E-state index in [1.165, 1.54) is 0 Å². The molecule has 0 spiro atoms. The minimum atomic E-state index is 0. The average Bonchev–Trinajstić information content (AvgIpc) is 0.918. The third-order valence-electron chi connectivity index (χ3n) is 0. The first-order valence-electron chi connectivity index (χ1n) is 0.836. The first-order chi connectivity index (χ1) is 1.41. The summed E-state index contributed by atoms with van der Waals surface area (Å²) in [6, 6.07) is 0. The standard InChI is InChI=1S/C2H5O.H2N.Y/c1-2-3;;/h2-3H,1H3;1H2;/q2*-1;. The number of rotatable bonds is 0. The van der Waals surface area contributed by atoms with Crippen LogP contribution in [0, 0.1) is 6.61 Å². The van der Waals surface area contributed by atoms with E-state index in [0.29, 0.717) is 0 Å². The topological polar surface area (TPSA) is 53.7 Å². The van der Waals surface area contributed by atoms with Crippen molar-refractivity contribution in [3.63, 3.8) is 0 Å². The predicted octanol–water partition coefficient (Wildman–Crippen LogP) is 1.26. The Labute approximate surface area is 57.4 Å². The van der Waals surface area contributed by atoms with E-state index in [9.17, 15) is 0 Å². The van der Waals surface area contributed by atoms with Crippen LogP contribution in [0.25, 0.3) is 6.15 Å². The van der Waals surface area contributed by atoms with Gasteiger partial charge in [-0.1, -0.05) is 0 Å². The van der Waals surface area contributed by atoms with Crippen LogP contribution in [0.15, 0.2) is 0 Å². The molecule has 0 aromatic heterocycles. The molecule has 0 saturated carbocycles. The van der Waals surface area contributed by atoms with Crippen LogP contribution >= 0.6 is 0 Å². The molecule has 0 fully saturated rings. The molecule has 1 radical (unpaired) electrons. The van der Waals surface area contributed by atoms with Gasteiger partial charge in [-0.05, 0) is 0 Å². The number of nitrogens with two attached hydrogens (primary N) is 1. The van der Waals surface area contributed by atoms with Crippen molar-refractivity contribution in [1.82, 2.24) is 0 Å². The second-order valence-corrected chi connectivity index (χ2v) is 0.258. The predicted molar refractivity (Wildman–Crippen MR) is 17.2 cm³/mol. The van der Waals surface area contributed by atoms with Crippen LogP contribution in [-0.4, -0.2) is 5.11 Å². The van der Waals surface area contributed by atoms with Gasteiger partial charge >= 0.3 is 0 Å². The second-order valence-electron chi connectivity index (χ2n) is 0.258. The van der Waals surface area contributed by atoms with Gasteiger partial charge in [-0.2, -0.15) is 6.92 Å². The molecule has 2 nitrogen and oxygen atoms in total. The van der Waals surface area contributed by atoms with Crippen LogP contribution in [0.1, 0.15) is 6.92 Å². The number of hydrogen-bond acceptors (Lipinski definition) is 1. The van der Waals surface area contributed by atoms with Gasteiger partial charge in [-0.15, -0.1) is 0 Å². The molecule has 0 aliphatic heterocycles. The van der Waals surface area contributed by atoms with Gasteiger partial charge in [0, 0.05) is 32.7 Å². The van der Waals surface area contributed by atoms with Crippen molar-refractivity contribution in [3.8, 4) is 0 Å². The molecule has 3 N–H and O–H groups in total. The molecule has 0 heterocycles. The van der Waals surface area contributed by atoms with Gasteiger partial charge in [-0.25, -0.2) is 6.61 Å². The summed E-state index contributed by atoms with van der Waals surface area (Å²) >= 11 is 0. The molecule has 0 aromatic carbocycles. The molecular weight excluding hydrogens is 143 g/mol. The molecule has 0 bridgehead atoms. The summed E-state index contributed by atoms with van der Waals surface area (Å²) in [5.74, 6) is 0.